The number of allylic oxidation sites excluding steroid dienone is 1. The summed E-state index contributed by atoms with van der Waals surface area (Å²) in [5.74, 6) is 1.58. The van der Waals surface area contributed by atoms with E-state index >= 15 is 0 Å². The van der Waals surface area contributed by atoms with Gasteiger partial charge >= 0.3 is 0 Å². The summed E-state index contributed by atoms with van der Waals surface area (Å²) >= 11 is 0. The second-order valence-corrected chi connectivity index (χ2v) is 4.25. The summed E-state index contributed by atoms with van der Waals surface area (Å²) in [5.41, 5.74) is 0. The predicted molar refractivity (Wildman–Crippen MR) is 49.8 cm³/mol. The van der Waals surface area contributed by atoms with E-state index in [1.54, 1.807) is 0 Å². The standard InChI is InChI=1S/C11H18O/c12-11-7-6-10(8-11)9-4-2-1-3-5-9/h6-7,9-12H,1-5,8H2/t10-,11-/m1/s1. The molecule has 0 bridgehead atoms. The van der Waals surface area contributed by atoms with Gasteiger partial charge in [0.1, 0.15) is 0 Å². The molecule has 1 fully saturated rings. The summed E-state index contributed by atoms with van der Waals surface area (Å²) in [6.45, 7) is 0. The van der Waals surface area contributed by atoms with Gasteiger partial charge < -0.3 is 5.11 Å². The molecule has 0 saturated heterocycles. The van der Waals surface area contributed by atoms with Crippen molar-refractivity contribution in [1.82, 2.24) is 0 Å². The molecule has 0 heterocycles. The van der Waals surface area contributed by atoms with Gasteiger partial charge in [-0.05, 0) is 31.1 Å². The highest BCUT2D eigenvalue weighted by Crippen LogP contribution is 2.35. The molecule has 1 saturated carbocycles. The van der Waals surface area contributed by atoms with E-state index < -0.39 is 0 Å². The van der Waals surface area contributed by atoms with Crippen molar-refractivity contribution in [3.05, 3.63) is 12.2 Å². The maximum atomic E-state index is 9.34. The molecule has 0 aromatic carbocycles. The van der Waals surface area contributed by atoms with Gasteiger partial charge in [0.05, 0.1) is 6.10 Å². The van der Waals surface area contributed by atoms with Crippen molar-refractivity contribution >= 4 is 0 Å². The number of rotatable bonds is 1. The minimum absolute atomic E-state index is 0.142. The molecule has 0 spiro atoms. The summed E-state index contributed by atoms with van der Waals surface area (Å²) in [6, 6.07) is 0. The summed E-state index contributed by atoms with van der Waals surface area (Å²) < 4.78 is 0. The highest BCUT2D eigenvalue weighted by Gasteiger charge is 2.26. The predicted octanol–water partition coefficient (Wildman–Crippen LogP) is 2.50. The Labute approximate surface area is 74.5 Å². The van der Waals surface area contributed by atoms with Crippen LogP contribution in [-0.2, 0) is 0 Å². The molecule has 2 rings (SSSR count). The number of hydrogen-bond acceptors (Lipinski definition) is 1. The fourth-order valence-electron chi connectivity index (χ4n) is 2.62. The molecule has 0 radical (unpaired) electrons. The molecular weight excluding hydrogens is 148 g/mol. The summed E-state index contributed by atoms with van der Waals surface area (Å²) in [5, 5.41) is 9.34. The summed E-state index contributed by atoms with van der Waals surface area (Å²) in [6.07, 6.45) is 12.1. The second kappa shape index (κ2) is 3.61. The fraction of sp³-hybridized carbons (Fsp3) is 0.818. The Morgan fingerprint density at radius 2 is 1.75 bits per heavy atom. The molecule has 1 nitrogen and oxygen atoms in total. The molecule has 0 aromatic heterocycles. The highest BCUT2D eigenvalue weighted by atomic mass is 16.3. The lowest BCUT2D eigenvalue weighted by Gasteiger charge is -2.26. The third-order valence-corrected chi connectivity index (χ3v) is 3.35. The first-order chi connectivity index (χ1) is 5.86. The molecular formula is C11H18O. The third-order valence-electron chi connectivity index (χ3n) is 3.35. The van der Waals surface area contributed by atoms with Crippen LogP contribution in [-0.4, -0.2) is 11.2 Å². The van der Waals surface area contributed by atoms with E-state index in [1.807, 2.05) is 6.08 Å². The maximum absolute atomic E-state index is 9.34. The SMILES string of the molecule is O[C@@H]1C=C[C@@H](C2CCCCC2)C1. The normalized spacial score (nSPS) is 37.4. The molecule has 68 valence electrons. The van der Waals surface area contributed by atoms with E-state index in [0.717, 1.165) is 12.3 Å². The smallest absolute Gasteiger partial charge is 0.0726 e. The van der Waals surface area contributed by atoms with Crippen molar-refractivity contribution in [2.45, 2.75) is 44.6 Å². The van der Waals surface area contributed by atoms with Crippen LogP contribution in [0.3, 0.4) is 0 Å². The first-order valence-electron chi connectivity index (χ1n) is 5.22. The summed E-state index contributed by atoms with van der Waals surface area (Å²) in [7, 11) is 0. The van der Waals surface area contributed by atoms with Gasteiger partial charge in [-0.1, -0.05) is 31.4 Å². The van der Waals surface area contributed by atoms with Crippen LogP contribution in [0, 0.1) is 11.8 Å². The van der Waals surface area contributed by atoms with E-state index in [-0.39, 0.29) is 6.10 Å². The molecule has 0 aromatic rings. The van der Waals surface area contributed by atoms with Gasteiger partial charge in [-0.25, -0.2) is 0 Å². The van der Waals surface area contributed by atoms with E-state index in [0.29, 0.717) is 5.92 Å². The molecule has 0 aliphatic heterocycles. The first kappa shape index (κ1) is 8.31. The largest absolute Gasteiger partial charge is 0.389 e. The van der Waals surface area contributed by atoms with Gasteiger partial charge in [-0.3, -0.25) is 0 Å². The van der Waals surface area contributed by atoms with Crippen molar-refractivity contribution in [2.75, 3.05) is 0 Å². The van der Waals surface area contributed by atoms with Gasteiger partial charge in [-0.15, -0.1) is 0 Å². The van der Waals surface area contributed by atoms with Crippen LogP contribution >= 0.6 is 0 Å². The number of aliphatic hydroxyl groups is 1. The van der Waals surface area contributed by atoms with E-state index in [2.05, 4.69) is 6.08 Å². The first-order valence-corrected chi connectivity index (χ1v) is 5.22. The van der Waals surface area contributed by atoms with Crippen molar-refractivity contribution in [3.8, 4) is 0 Å². The zero-order valence-corrected chi connectivity index (χ0v) is 7.58. The van der Waals surface area contributed by atoms with Crippen LogP contribution in [0.1, 0.15) is 38.5 Å². The van der Waals surface area contributed by atoms with Crippen LogP contribution in [0.25, 0.3) is 0 Å². The average molecular weight is 166 g/mol. The Hall–Kier alpha value is -0.300. The third kappa shape index (κ3) is 1.71. The molecule has 2 aliphatic rings. The number of aliphatic hydroxyl groups excluding tert-OH is 1. The van der Waals surface area contributed by atoms with Crippen molar-refractivity contribution in [3.63, 3.8) is 0 Å². The lowest BCUT2D eigenvalue weighted by Crippen LogP contribution is -2.16. The monoisotopic (exact) mass is 166 g/mol. The minimum atomic E-state index is -0.142. The van der Waals surface area contributed by atoms with E-state index in [1.165, 1.54) is 32.1 Å². The zero-order chi connectivity index (χ0) is 8.39. The molecule has 1 heteroatoms. The maximum Gasteiger partial charge on any atom is 0.0726 e. The van der Waals surface area contributed by atoms with Gasteiger partial charge in [-0.2, -0.15) is 0 Å². The van der Waals surface area contributed by atoms with Crippen LogP contribution in [0.15, 0.2) is 12.2 Å². The highest BCUT2D eigenvalue weighted by molar-refractivity contribution is 5.04. The molecule has 12 heavy (non-hydrogen) atoms. The summed E-state index contributed by atoms with van der Waals surface area (Å²) in [4.78, 5) is 0. The minimum Gasteiger partial charge on any atom is -0.389 e. The van der Waals surface area contributed by atoms with Crippen LogP contribution < -0.4 is 0 Å². The van der Waals surface area contributed by atoms with Gasteiger partial charge in [0.2, 0.25) is 0 Å². The zero-order valence-electron chi connectivity index (χ0n) is 7.58. The Morgan fingerprint density at radius 3 is 2.33 bits per heavy atom. The van der Waals surface area contributed by atoms with Crippen LogP contribution in [0.2, 0.25) is 0 Å². The second-order valence-electron chi connectivity index (χ2n) is 4.25. The van der Waals surface area contributed by atoms with Gasteiger partial charge in [0, 0.05) is 0 Å². The molecule has 2 atom stereocenters. The Bertz CT molecular complexity index is 168. The lowest BCUT2D eigenvalue weighted by molar-refractivity contribution is 0.182. The molecule has 0 amide bonds. The topological polar surface area (TPSA) is 20.2 Å². The lowest BCUT2D eigenvalue weighted by atomic mass is 9.80. The van der Waals surface area contributed by atoms with Crippen LogP contribution in [0.5, 0.6) is 0 Å². The fourth-order valence-corrected chi connectivity index (χ4v) is 2.62. The van der Waals surface area contributed by atoms with Gasteiger partial charge in [0.15, 0.2) is 0 Å². The quantitative estimate of drug-likeness (QED) is 0.593. The Kier molecular flexibility index (Phi) is 2.50. The van der Waals surface area contributed by atoms with E-state index in [4.69, 9.17) is 0 Å². The Balaban J connectivity index is 1.87. The van der Waals surface area contributed by atoms with E-state index in [9.17, 15) is 5.11 Å². The molecule has 0 unspecified atom stereocenters. The average Bonchev–Trinajstić information content (AvgIpc) is 2.54. The van der Waals surface area contributed by atoms with Crippen molar-refractivity contribution < 1.29 is 5.11 Å². The van der Waals surface area contributed by atoms with Crippen LogP contribution in [0.4, 0.5) is 0 Å². The van der Waals surface area contributed by atoms with Crippen molar-refractivity contribution in [2.24, 2.45) is 11.8 Å². The number of hydrogen-bond donors (Lipinski definition) is 1. The van der Waals surface area contributed by atoms with Gasteiger partial charge in [0.25, 0.3) is 0 Å². The molecule has 2 aliphatic carbocycles. The van der Waals surface area contributed by atoms with Crippen molar-refractivity contribution in [1.29, 1.82) is 0 Å². The molecule has 1 N–H and O–H groups in total. The Morgan fingerprint density at radius 1 is 1.00 bits per heavy atom.